The maximum atomic E-state index is 11.9. The van der Waals surface area contributed by atoms with Crippen molar-refractivity contribution in [3.63, 3.8) is 0 Å². The molecule has 1 aliphatic rings. The number of hydrogen-bond donors (Lipinski definition) is 4. The number of alkyl carbamates (subject to hydrolysis) is 1. The number of guanidine groups is 1. The first-order valence-electron chi connectivity index (χ1n) is 7.76. The minimum absolute atomic E-state index is 0.0180. The van der Waals surface area contributed by atoms with Gasteiger partial charge in [0.2, 0.25) is 0 Å². The minimum atomic E-state index is -1.09. The van der Waals surface area contributed by atoms with Gasteiger partial charge in [-0.15, -0.1) is 0 Å². The summed E-state index contributed by atoms with van der Waals surface area (Å²) in [5.74, 6) is -1.33. The number of benzene rings is 1. The Hall–Kier alpha value is -2.77. The van der Waals surface area contributed by atoms with Crippen LogP contribution < -0.4 is 11.1 Å². The van der Waals surface area contributed by atoms with Gasteiger partial charge < -0.3 is 25.8 Å². The summed E-state index contributed by atoms with van der Waals surface area (Å²) in [6, 6.07) is 8.15. The quantitative estimate of drug-likeness (QED) is 0.469. The molecule has 0 radical (unpaired) electrons. The average molecular weight is 334 g/mol. The van der Waals surface area contributed by atoms with Gasteiger partial charge in [0.1, 0.15) is 12.6 Å². The molecular weight excluding hydrogens is 312 g/mol. The molecule has 1 heterocycles. The van der Waals surface area contributed by atoms with Gasteiger partial charge in [0.05, 0.1) is 0 Å². The van der Waals surface area contributed by atoms with Crippen LogP contribution in [0.4, 0.5) is 4.79 Å². The molecule has 8 nitrogen and oxygen atoms in total. The summed E-state index contributed by atoms with van der Waals surface area (Å²) in [7, 11) is 0. The lowest BCUT2D eigenvalue weighted by Gasteiger charge is -2.34. The molecule has 0 saturated carbocycles. The van der Waals surface area contributed by atoms with Crippen LogP contribution in [-0.4, -0.2) is 47.2 Å². The Morgan fingerprint density at radius 2 is 1.96 bits per heavy atom. The predicted octanol–water partition coefficient (Wildman–Crippen LogP) is 0.971. The van der Waals surface area contributed by atoms with Gasteiger partial charge in [-0.25, -0.2) is 9.59 Å². The van der Waals surface area contributed by atoms with Crippen LogP contribution in [0.25, 0.3) is 0 Å². The maximum Gasteiger partial charge on any atom is 0.408 e. The van der Waals surface area contributed by atoms with Crippen LogP contribution in [-0.2, 0) is 16.1 Å². The average Bonchev–Trinajstić information content (AvgIpc) is 2.58. The van der Waals surface area contributed by atoms with Crippen molar-refractivity contribution >= 4 is 18.0 Å². The lowest BCUT2D eigenvalue weighted by Crippen LogP contribution is -2.51. The van der Waals surface area contributed by atoms with Gasteiger partial charge in [-0.2, -0.15) is 0 Å². The van der Waals surface area contributed by atoms with E-state index in [0.29, 0.717) is 25.9 Å². The molecule has 1 aromatic carbocycles. The van der Waals surface area contributed by atoms with Crippen LogP contribution in [0.3, 0.4) is 0 Å². The molecule has 1 saturated heterocycles. The Morgan fingerprint density at radius 1 is 1.33 bits per heavy atom. The van der Waals surface area contributed by atoms with Crippen LogP contribution in [0.1, 0.15) is 18.4 Å². The number of hydrogen-bond acceptors (Lipinski definition) is 4. The lowest BCUT2D eigenvalue weighted by molar-refractivity contribution is -0.141. The molecule has 8 heteroatoms. The Bertz CT molecular complexity index is 585. The van der Waals surface area contributed by atoms with Gasteiger partial charge >= 0.3 is 12.1 Å². The van der Waals surface area contributed by atoms with E-state index in [1.54, 1.807) is 4.90 Å². The van der Waals surface area contributed by atoms with Gasteiger partial charge in [0, 0.05) is 13.1 Å². The summed E-state index contributed by atoms with van der Waals surface area (Å²) in [4.78, 5) is 25.0. The van der Waals surface area contributed by atoms with Crippen molar-refractivity contribution < 1.29 is 19.4 Å². The Morgan fingerprint density at radius 3 is 2.50 bits per heavy atom. The molecule has 5 N–H and O–H groups in total. The summed E-state index contributed by atoms with van der Waals surface area (Å²) < 4.78 is 5.08. The number of amides is 1. The second-order valence-corrected chi connectivity index (χ2v) is 5.73. The number of ether oxygens (including phenoxy) is 1. The Kier molecular flexibility index (Phi) is 6.00. The second kappa shape index (κ2) is 8.19. The second-order valence-electron chi connectivity index (χ2n) is 5.73. The van der Waals surface area contributed by atoms with Crippen LogP contribution >= 0.6 is 0 Å². The lowest BCUT2D eigenvalue weighted by atomic mass is 9.89. The molecule has 2 rings (SSSR count). The van der Waals surface area contributed by atoms with Crippen LogP contribution in [0, 0.1) is 11.3 Å². The number of nitrogens with one attached hydrogen (secondary N) is 2. The molecule has 1 aliphatic heterocycles. The summed E-state index contributed by atoms with van der Waals surface area (Å²) in [6.07, 6.45) is 0.325. The van der Waals surface area contributed by atoms with Gasteiger partial charge in [0.25, 0.3) is 0 Å². The molecule has 0 unspecified atom stereocenters. The van der Waals surface area contributed by atoms with E-state index >= 15 is 0 Å². The SMILES string of the molecule is N=C(N)N1CCC([C@@H](NC(=O)OCc2ccccc2)C(=O)O)CC1. The molecule has 1 amide bonds. The van der Waals surface area contributed by atoms with E-state index in [1.807, 2.05) is 30.3 Å². The largest absolute Gasteiger partial charge is 0.480 e. The number of nitrogens with zero attached hydrogens (tertiary/aromatic N) is 1. The molecule has 0 aromatic heterocycles. The highest BCUT2D eigenvalue weighted by Gasteiger charge is 2.33. The third-order valence-electron chi connectivity index (χ3n) is 4.10. The van der Waals surface area contributed by atoms with E-state index in [1.165, 1.54) is 0 Å². The van der Waals surface area contributed by atoms with Crippen molar-refractivity contribution in [1.82, 2.24) is 10.2 Å². The van der Waals surface area contributed by atoms with E-state index in [4.69, 9.17) is 15.9 Å². The first-order valence-corrected chi connectivity index (χ1v) is 7.76. The fourth-order valence-electron chi connectivity index (χ4n) is 2.75. The number of carbonyl (C=O) groups excluding carboxylic acids is 1. The first-order chi connectivity index (χ1) is 11.5. The summed E-state index contributed by atoms with van der Waals surface area (Å²) in [5, 5.41) is 19.2. The highest BCUT2D eigenvalue weighted by atomic mass is 16.5. The summed E-state index contributed by atoms with van der Waals surface area (Å²) in [5.41, 5.74) is 6.26. The van der Waals surface area contributed by atoms with Gasteiger partial charge in [-0.05, 0) is 24.3 Å². The number of likely N-dealkylation sites (tertiary alicyclic amines) is 1. The minimum Gasteiger partial charge on any atom is -0.480 e. The topological polar surface area (TPSA) is 129 Å². The van der Waals surface area contributed by atoms with Crippen LogP contribution in [0.2, 0.25) is 0 Å². The van der Waals surface area contributed by atoms with E-state index < -0.39 is 18.1 Å². The van der Waals surface area contributed by atoms with Crippen molar-refractivity contribution in [1.29, 1.82) is 5.41 Å². The first kappa shape index (κ1) is 17.6. The maximum absolute atomic E-state index is 11.9. The van der Waals surface area contributed by atoms with Gasteiger partial charge in [-0.1, -0.05) is 30.3 Å². The van der Waals surface area contributed by atoms with E-state index in [-0.39, 0.29) is 18.5 Å². The zero-order valence-corrected chi connectivity index (χ0v) is 13.3. The van der Waals surface area contributed by atoms with E-state index in [9.17, 15) is 14.7 Å². The van der Waals surface area contributed by atoms with Gasteiger partial charge in [0.15, 0.2) is 5.96 Å². The zero-order chi connectivity index (χ0) is 17.5. The molecule has 24 heavy (non-hydrogen) atoms. The predicted molar refractivity (Wildman–Crippen MR) is 87.4 cm³/mol. The van der Waals surface area contributed by atoms with E-state index in [0.717, 1.165) is 5.56 Å². The van der Waals surface area contributed by atoms with Gasteiger partial charge in [-0.3, -0.25) is 5.41 Å². The fraction of sp³-hybridized carbons (Fsp3) is 0.438. The summed E-state index contributed by atoms with van der Waals surface area (Å²) in [6.45, 7) is 1.09. The van der Waals surface area contributed by atoms with E-state index in [2.05, 4.69) is 5.32 Å². The third kappa shape index (κ3) is 4.87. The summed E-state index contributed by atoms with van der Waals surface area (Å²) >= 11 is 0. The standard InChI is InChI=1S/C16H22N4O4/c17-15(18)20-8-6-12(7-9-20)13(14(21)22)19-16(23)24-10-11-4-2-1-3-5-11/h1-5,12-13H,6-10H2,(H3,17,18)(H,19,23)(H,21,22)/t13-/m1/s1. The Labute approximate surface area is 140 Å². The number of carbonyl (C=O) groups is 2. The van der Waals surface area contributed by atoms with Crippen LogP contribution in [0.15, 0.2) is 30.3 Å². The third-order valence-corrected chi connectivity index (χ3v) is 4.10. The zero-order valence-electron chi connectivity index (χ0n) is 13.3. The van der Waals surface area contributed by atoms with Crippen molar-refractivity contribution in [2.45, 2.75) is 25.5 Å². The molecule has 130 valence electrons. The van der Waals surface area contributed by atoms with Crippen LogP contribution in [0.5, 0.6) is 0 Å². The monoisotopic (exact) mass is 334 g/mol. The fourth-order valence-corrected chi connectivity index (χ4v) is 2.75. The van der Waals surface area contributed by atoms with Crippen molar-refractivity contribution in [2.24, 2.45) is 11.7 Å². The molecule has 0 aliphatic carbocycles. The molecule has 0 spiro atoms. The molecule has 1 aromatic rings. The van der Waals surface area contributed by atoms with Crippen molar-refractivity contribution in [2.75, 3.05) is 13.1 Å². The normalized spacial score (nSPS) is 16.2. The number of carboxylic acids is 1. The highest BCUT2D eigenvalue weighted by molar-refractivity contribution is 5.80. The van der Waals surface area contributed by atoms with Crippen molar-refractivity contribution in [3.05, 3.63) is 35.9 Å². The molecule has 0 bridgehead atoms. The smallest absolute Gasteiger partial charge is 0.408 e. The number of carboxylic acid groups (broad SMARTS) is 1. The number of aliphatic carboxylic acids is 1. The van der Waals surface area contributed by atoms with Crippen molar-refractivity contribution in [3.8, 4) is 0 Å². The molecule has 1 fully saturated rings. The highest BCUT2D eigenvalue weighted by Crippen LogP contribution is 2.21. The molecular formula is C16H22N4O4. The number of rotatable bonds is 5. The number of nitrogens with two attached hydrogens (primary N) is 1. The molecule has 1 atom stereocenters. The number of piperidine rings is 1. The Balaban J connectivity index is 1.86.